The number of nitrogens with zero attached hydrogens (tertiary/aromatic N) is 1. The Morgan fingerprint density at radius 2 is 1.62 bits per heavy atom. The number of aromatic nitrogens is 1. The highest BCUT2D eigenvalue weighted by atomic mass is 16.7. The van der Waals surface area contributed by atoms with Crippen LogP contribution >= 0.6 is 0 Å². The average molecular weight is 331 g/mol. The summed E-state index contributed by atoms with van der Waals surface area (Å²) >= 11 is 0. The van der Waals surface area contributed by atoms with Gasteiger partial charge >= 0.3 is 7.12 Å². The summed E-state index contributed by atoms with van der Waals surface area (Å²) < 4.78 is 14.4. The lowest BCUT2D eigenvalue weighted by molar-refractivity contribution is 0.00578. The minimum absolute atomic E-state index is 0.121. The lowest BCUT2D eigenvalue weighted by atomic mass is 9.83. The Balaban J connectivity index is 2.09. The van der Waals surface area contributed by atoms with Gasteiger partial charge in [-0.3, -0.25) is 9.36 Å². The summed E-state index contributed by atoms with van der Waals surface area (Å²) in [4.78, 5) is 13.2. The van der Waals surface area contributed by atoms with Gasteiger partial charge in [-0.05, 0) is 65.0 Å². The van der Waals surface area contributed by atoms with E-state index in [9.17, 15) is 4.79 Å². The first-order chi connectivity index (χ1) is 10.9. The summed E-state index contributed by atoms with van der Waals surface area (Å²) in [5.41, 5.74) is 2.05. The molecule has 0 bridgehead atoms. The zero-order valence-corrected chi connectivity index (χ0v) is 16.2. The Labute approximate surface area is 146 Å². The predicted molar refractivity (Wildman–Crippen MR) is 96.9 cm³/mol. The first-order valence-electron chi connectivity index (χ1n) is 9.08. The maximum absolute atomic E-state index is 13.2. The van der Waals surface area contributed by atoms with Crippen LogP contribution in [0.15, 0.2) is 6.07 Å². The van der Waals surface area contributed by atoms with Gasteiger partial charge in [0.2, 0.25) is 5.91 Å². The molecule has 0 aromatic carbocycles. The van der Waals surface area contributed by atoms with Crippen molar-refractivity contribution in [2.45, 2.75) is 85.4 Å². The Morgan fingerprint density at radius 3 is 2.17 bits per heavy atom. The molecule has 0 unspecified atom stereocenters. The number of hydrogen-bond donors (Lipinski definition) is 0. The lowest BCUT2D eigenvalue weighted by Gasteiger charge is -2.32. The standard InChI is InChI=1S/C19H30BNO3/c1-17(2,3)16(22)21-14-11-9-8-10-13(14)12-15(21)20-23-18(4,5)19(6,7)24-20/h12H,8-11H2,1-7H3. The Kier molecular flexibility index (Phi) is 4.04. The molecular formula is C19H30BNO3. The molecule has 0 amide bonds. The van der Waals surface area contributed by atoms with Crippen LogP contribution in [0.25, 0.3) is 0 Å². The van der Waals surface area contributed by atoms with E-state index in [1.165, 1.54) is 12.0 Å². The molecule has 1 saturated heterocycles. The molecule has 4 nitrogen and oxygen atoms in total. The Hall–Kier alpha value is -1.07. The van der Waals surface area contributed by atoms with Crippen LogP contribution in [0.3, 0.4) is 0 Å². The molecule has 0 saturated carbocycles. The fraction of sp³-hybridized carbons (Fsp3) is 0.737. The van der Waals surface area contributed by atoms with Crippen molar-refractivity contribution in [3.8, 4) is 0 Å². The van der Waals surface area contributed by atoms with Gasteiger partial charge in [0, 0.05) is 11.1 Å². The fourth-order valence-corrected chi connectivity index (χ4v) is 3.44. The summed E-state index contributed by atoms with van der Waals surface area (Å²) in [6.45, 7) is 14.1. The Morgan fingerprint density at radius 1 is 1.08 bits per heavy atom. The van der Waals surface area contributed by atoms with E-state index >= 15 is 0 Å². The van der Waals surface area contributed by atoms with Gasteiger partial charge in [-0.2, -0.15) is 0 Å². The van der Waals surface area contributed by atoms with Gasteiger partial charge in [-0.1, -0.05) is 20.8 Å². The van der Waals surface area contributed by atoms with E-state index in [-0.39, 0.29) is 5.91 Å². The van der Waals surface area contributed by atoms with Crippen molar-refractivity contribution >= 4 is 18.6 Å². The number of carbonyl (C=O) groups excluding carboxylic acids is 1. The monoisotopic (exact) mass is 331 g/mol. The summed E-state index contributed by atoms with van der Waals surface area (Å²) in [6.07, 6.45) is 4.31. The summed E-state index contributed by atoms with van der Waals surface area (Å²) in [5, 5.41) is 0. The van der Waals surface area contributed by atoms with E-state index in [1.807, 2.05) is 53.0 Å². The lowest BCUT2D eigenvalue weighted by Crippen LogP contribution is -2.44. The van der Waals surface area contributed by atoms with Crippen molar-refractivity contribution in [2.24, 2.45) is 5.41 Å². The number of fused-ring (bicyclic) bond motifs is 1. The van der Waals surface area contributed by atoms with Crippen molar-refractivity contribution in [3.05, 3.63) is 17.3 Å². The van der Waals surface area contributed by atoms with Gasteiger partial charge in [-0.25, -0.2) is 0 Å². The number of aryl methyl sites for hydroxylation is 1. The molecule has 24 heavy (non-hydrogen) atoms. The molecule has 3 rings (SSSR count). The van der Waals surface area contributed by atoms with Gasteiger partial charge in [0.25, 0.3) is 0 Å². The van der Waals surface area contributed by atoms with Crippen LogP contribution in [0, 0.1) is 5.41 Å². The molecule has 0 spiro atoms. The van der Waals surface area contributed by atoms with Crippen molar-refractivity contribution in [1.29, 1.82) is 0 Å². The van der Waals surface area contributed by atoms with E-state index in [1.54, 1.807) is 0 Å². The zero-order chi connectivity index (χ0) is 17.9. The number of hydrogen-bond acceptors (Lipinski definition) is 3. The van der Waals surface area contributed by atoms with Gasteiger partial charge in [0.05, 0.1) is 16.8 Å². The highest BCUT2D eigenvalue weighted by Gasteiger charge is 2.53. The van der Waals surface area contributed by atoms with E-state index in [2.05, 4.69) is 6.07 Å². The molecule has 1 aliphatic carbocycles. The second kappa shape index (κ2) is 5.47. The maximum atomic E-state index is 13.2. The fourth-order valence-electron chi connectivity index (χ4n) is 3.44. The molecule has 1 aromatic heterocycles. The van der Waals surface area contributed by atoms with Crippen LogP contribution in [-0.2, 0) is 22.2 Å². The van der Waals surface area contributed by atoms with E-state index in [0.717, 1.165) is 30.5 Å². The molecule has 132 valence electrons. The number of carbonyl (C=O) groups is 1. The van der Waals surface area contributed by atoms with E-state index in [4.69, 9.17) is 9.31 Å². The van der Waals surface area contributed by atoms with Gasteiger partial charge < -0.3 is 9.31 Å². The summed E-state index contributed by atoms with van der Waals surface area (Å²) in [6, 6.07) is 2.14. The molecular weight excluding hydrogens is 301 g/mol. The van der Waals surface area contributed by atoms with Crippen molar-refractivity contribution in [1.82, 2.24) is 4.57 Å². The first kappa shape index (κ1) is 17.7. The second-order valence-corrected chi connectivity index (χ2v) is 9.23. The van der Waals surface area contributed by atoms with Crippen LogP contribution in [0.5, 0.6) is 0 Å². The predicted octanol–water partition coefficient (Wildman–Crippen LogP) is 3.35. The summed E-state index contributed by atoms with van der Waals surface area (Å²) in [5.74, 6) is 0.121. The Bertz CT molecular complexity index is 651. The molecule has 2 heterocycles. The molecule has 1 aliphatic heterocycles. The van der Waals surface area contributed by atoms with E-state index in [0.29, 0.717) is 0 Å². The van der Waals surface area contributed by atoms with Crippen molar-refractivity contribution in [2.75, 3.05) is 0 Å². The highest BCUT2D eigenvalue weighted by molar-refractivity contribution is 6.62. The third-order valence-electron chi connectivity index (χ3n) is 5.67. The SMILES string of the molecule is CC(C)(C)C(=O)n1c(B2OC(C)(C)C(C)(C)O2)cc2c1CCCC2. The minimum Gasteiger partial charge on any atom is -0.398 e. The third-order valence-corrected chi connectivity index (χ3v) is 5.67. The van der Waals surface area contributed by atoms with Gasteiger partial charge in [0.1, 0.15) is 0 Å². The van der Waals surface area contributed by atoms with Crippen LogP contribution in [0.4, 0.5) is 0 Å². The molecule has 1 fully saturated rings. The largest absolute Gasteiger partial charge is 0.512 e. The van der Waals surface area contributed by atoms with Gasteiger partial charge in [0.15, 0.2) is 0 Å². The second-order valence-electron chi connectivity index (χ2n) is 9.23. The third kappa shape index (κ3) is 2.76. The van der Waals surface area contributed by atoms with Crippen LogP contribution in [0.1, 0.15) is 77.4 Å². The molecule has 1 aromatic rings. The summed E-state index contributed by atoms with van der Waals surface area (Å²) in [7, 11) is -0.494. The van der Waals surface area contributed by atoms with Gasteiger partial charge in [-0.15, -0.1) is 0 Å². The minimum atomic E-state index is -0.494. The zero-order valence-electron chi connectivity index (χ0n) is 16.2. The average Bonchev–Trinajstić information content (AvgIpc) is 2.92. The van der Waals surface area contributed by atoms with Crippen LogP contribution < -0.4 is 5.59 Å². The molecule has 0 N–H and O–H groups in total. The van der Waals surface area contributed by atoms with Crippen molar-refractivity contribution < 1.29 is 14.1 Å². The normalized spacial score (nSPS) is 22.5. The van der Waals surface area contributed by atoms with Crippen LogP contribution in [-0.4, -0.2) is 28.8 Å². The number of rotatable bonds is 1. The topological polar surface area (TPSA) is 40.5 Å². The maximum Gasteiger partial charge on any atom is 0.512 e. The smallest absolute Gasteiger partial charge is 0.398 e. The quantitative estimate of drug-likeness (QED) is 0.741. The molecule has 2 aliphatic rings. The highest BCUT2D eigenvalue weighted by Crippen LogP contribution is 2.37. The molecule has 0 radical (unpaired) electrons. The molecule has 5 heteroatoms. The van der Waals surface area contributed by atoms with E-state index < -0.39 is 23.7 Å². The van der Waals surface area contributed by atoms with Crippen LogP contribution in [0.2, 0.25) is 0 Å². The molecule has 0 atom stereocenters. The first-order valence-corrected chi connectivity index (χ1v) is 9.08. The van der Waals surface area contributed by atoms with Crippen molar-refractivity contribution in [3.63, 3.8) is 0 Å².